The molecule has 4 heteroatoms. The molecular formula is C16H13ClO3. The predicted octanol–water partition coefficient (Wildman–Crippen LogP) is 3.67. The fraction of sp³-hybridized carbons (Fsp3) is 0.188. The third kappa shape index (κ3) is 2.55. The molecule has 3 nitrogen and oxygen atoms in total. The Morgan fingerprint density at radius 2 is 1.75 bits per heavy atom. The maximum atomic E-state index is 12.2. The normalized spacial score (nSPS) is 20.5. The van der Waals surface area contributed by atoms with E-state index in [1.165, 1.54) is 0 Å². The van der Waals surface area contributed by atoms with Crippen LogP contribution in [0.15, 0.2) is 48.5 Å². The molecule has 2 atom stereocenters. The summed E-state index contributed by atoms with van der Waals surface area (Å²) < 4.78 is 10.6. The van der Waals surface area contributed by atoms with Gasteiger partial charge in [-0.05, 0) is 42.0 Å². The lowest BCUT2D eigenvalue weighted by Gasteiger charge is -2.01. The van der Waals surface area contributed by atoms with E-state index in [4.69, 9.17) is 21.1 Å². The van der Waals surface area contributed by atoms with Crippen LogP contribution < -0.4 is 4.74 Å². The third-order valence-electron chi connectivity index (χ3n) is 3.32. The lowest BCUT2D eigenvalue weighted by molar-refractivity contribution is 0.0953. The third-order valence-corrected chi connectivity index (χ3v) is 3.58. The molecule has 0 bridgehead atoms. The van der Waals surface area contributed by atoms with Crippen molar-refractivity contribution in [2.45, 2.75) is 12.2 Å². The van der Waals surface area contributed by atoms with Crippen LogP contribution in [0.2, 0.25) is 5.02 Å². The molecule has 20 heavy (non-hydrogen) atoms. The van der Waals surface area contributed by atoms with Crippen LogP contribution in [0.4, 0.5) is 0 Å². The Morgan fingerprint density at radius 1 is 1.10 bits per heavy atom. The van der Waals surface area contributed by atoms with Crippen molar-refractivity contribution in [1.82, 2.24) is 0 Å². The van der Waals surface area contributed by atoms with Crippen LogP contribution in [0.3, 0.4) is 0 Å². The molecule has 0 spiro atoms. The molecule has 1 saturated heterocycles. The largest absolute Gasteiger partial charge is 0.497 e. The zero-order valence-corrected chi connectivity index (χ0v) is 11.6. The minimum absolute atomic E-state index is 0.0116. The molecule has 0 amide bonds. The zero-order valence-electron chi connectivity index (χ0n) is 10.9. The van der Waals surface area contributed by atoms with E-state index in [9.17, 15) is 4.79 Å². The second kappa shape index (κ2) is 5.27. The smallest absolute Gasteiger partial charge is 0.194 e. The Balaban J connectivity index is 1.71. The van der Waals surface area contributed by atoms with Crippen molar-refractivity contribution >= 4 is 17.4 Å². The Kier molecular flexibility index (Phi) is 3.47. The number of methoxy groups -OCH3 is 1. The highest BCUT2D eigenvalue weighted by Crippen LogP contribution is 2.41. The van der Waals surface area contributed by atoms with Gasteiger partial charge in [-0.1, -0.05) is 23.7 Å². The van der Waals surface area contributed by atoms with Crippen molar-refractivity contribution in [3.63, 3.8) is 0 Å². The number of Topliss-reactive ketones (excluding diaryl/α,β-unsaturated/α-hetero) is 1. The van der Waals surface area contributed by atoms with Crippen LogP contribution in [-0.2, 0) is 4.74 Å². The molecule has 0 N–H and O–H groups in total. The van der Waals surface area contributed by atoms with Gasteiger partial charge in [0.25, 0.3) is 0 Å². The first-order chi connectivity index (χ1) is 9.69. The summed E-state index contributed by atoms with van der Waals surface area (Å²) >= 11 is 5.81. The number of carbonyl (C=O) groups is 1. The molecule has 0 aromatic heterocycles. The van der Waals surface area contributed by atoms with Crippen molar-refractivity contribution in [3.05, 3.63) is 64.7 Å². The minimum atomic E-state index is -0.399. The van der Waals surface area contributed by atoms with Gasteiger partial charge in [0.1, 0.15) is 11.9 Å². The van der Waals surface area contributed by atoms with Gasteiger partial charge in [0.2, 0.25) is 0 Å². The van der Waals surface area contributed by atoms with Gasteiger partial charge in [0, 0.05) is 10.6 Å². The van der Waals surface area contributed by atoms with E-state index < -0.39 is 6.10 Å². The summed E-state index contributed by atoms with van der Waals surface area (Å²) in [5, 5.41) is 0.616. The number of hydrogen-bond donors (Lipinski definition) is 0. The fourth-order valence-electron chi connectivity index (χ4n) is 2.14. The second-order valence-electron chi connectivity index (χ2n) is 4.62. The highest BCUT2D eigenvalue weighted by atomic mass is 35.5. The molecule has 102 valence electrons. The monoisotopic (exact) mass is 288 g/mol. The van der Waals surface area contributed by atoms with Crippen LogP contribution >= 0.6 is 11.6 Å². The van der Waals surface area contributed by atoms with Crippen molar-refractivity contribution in [2.75, 3.05) is 7.11 Å². The number of hydrogen-bond acceptors (Lipinski definition) is 3. The number of epoxide rings is 1. The van der Waals surface area contributed by atoms with Crippen molar-refractivity contribution in [1.29, 1.82) is 0 Å². The topological polar surface area (TPSA) is 38.8 Å². The summed E-state index contributed by atoms with van der Waals surface area (Å²) in [5.74, 6) is 0.775. The first kappa shape index (κ1) is 13.2. The van der Waals surface area contributed by atoms with Gasteiger partial charge in [0.15, 0.2) is 11.9 Å². The first-order valence-electron chi connectivity index (χ1n) is 6.28. The summed E-state index contributed by atoms with van der Waals surface area (Å²) in [6.07, 6.45) is -0.561. The van der Waals surface area contributed by atoms with E-state index in [-0.39, 0.29) is 11.9 Å². The molecule has 3 rings (SSSR count). The maximum Gasteiger partial charge on any atom is 0.194 e. The lowest BCUT2D eigenvalue weighted by atomic mass is 10.0. The number of ketones is 1. The molecule has 1 aliphatic rings. The van der Waals surface area contributed by atoms with Gasteiger partial charge >= 0.3 is 0 Å². The van der Waals surface area contributed by atoms with Crippen molar-refractivity contribution in [2.24, 2.45) is 0 Å². The van der Waals surface area contributed by atoms with Gasteiger partial charge in [-0.2, -0.15) is 0 Å². The molecule has 0 radical (unpaired) electrons. The number of carbonyl (C=O) groups excluding carboxylic acids is 1. The van der Waals surface area contributed by atoms with Gasteiger partial charge in [0.05, 0.1) is 7.11 Å². The van der Waals surface area contributed by atoms with Crippen LogP contribution in [0.25, 0.3) is 0 Å². The minimum Gasteiger partial charge on any atom is -0.497 e. The quantitative estimate of drug-likeness (QED) is 0.636. The molecule has 0 saturated carbocycles. The van der Waals surface area contributed by atoms with Gasteiger partial charge in [-0.15, -0.1) is 0 Å². The summed E-state index contributed by atoms with van der Waals surface area (Å²) in [4.78, 5) is 12.2. The van der Waals surface area contributed by atoms with Crippen molar-refractivity contribution in [3.8, 4) is 5.75 Å². The Morgan fingerprint density at radius 3 is 2.35 bits per heavy atom. The number of rotatable bonds is 4. The maximum absolute atomic E-state index is 12.2. The predicted molar refractivity (Wildman–Crippen MR) is 76.4 cm³/mol. The molecule has 1 heterocycles. The summed E-state index contributed by atoms with van der Waals surface area (Å²) in [7, 11) is 1.62. The van der Waals surface area contributed by atoms with Crippen LogP contribution in [0, 0.1) is 0 Å². The van der Waals surface area contributed by atoms with Gasteiger partial charge < -0.3 is 9.47 Å². The summed E-state index contributed by atoms with van der Waals surface area (Å²) in [6, 6.07) is 14.4. The van der Waals surface area contributed by atoms with Gasteiger partial charge in [-0.3, -0.25) is 4.79 Å². The van der Waals surface area contributed by atoms with E-state index in [2.05, 4.69) is 0 Å². The molecule has 0 unspecified atom stereocenters. The highest BCUT2D eigenvalue weighted by molar-refractivity contribution is 6.30. The number of ether oxygens (including phenoxy) is 2. The molecule has 2 aromatic rings. The second-order valence-corrected chi connectivity index (χ2v) is 5.06. The Hall–Kier alpha value is -1.84. The zero-order chi connectivity index (χ0) is 14.1. The Labute approximate surface area is 122 Å². The molecule has 2 aromatic carbocycles. The SMILES string of the molecule is COc1ccc([C@H]2O[C@@H]2C(=O)c2ccc(Cl)cc2)cc1. The van der Waals surface area contributed by atoms with Gasteiger partial charge in [-0.25, -0.2) is 0 Å². The van der Waals surface area contributed by atoms with Crippen LogP contribution in [0.1, 0.15) is 22.0 Å². The summed E-state index contributed by atoms with van der Waals surface area (Å²) in [5.41, 5.74) is 1.61. The van der Waals surface area contributed by atoms with Crippen LogP contribution in [0.5, 0.6) is 5.75 Å². The molecule has 1 aliphatic heterocycles. The Bertz CT molecular complexity index is 619. The highest BCUT2D eigenvalue weighted by Gasteiger charge is 2.46. The molecular weight excluding hydrogens is 276 g/mol. The van der Waals surface area contributed by atoms with E-state index in [0.717, 1.165) is 11.3 Å². The number of benzene rings is 2. The van der Waals surface area contributed by atoms with E-state index >= 15 is 0 Å². The number of halogens is 1. The first-order valence-corrected chi connectivity index (χ1v) is 6.66. The average molecular weight is 289 g/mol. The standard InChI is InChI=1S/C16H13ClO3/c1-19-13-8-4-11(5-9-13)15-16(20-15)14(18)10-2-6-12(17)7-3-10/h2-9,15-16H,1H3/t15-,16-/m1/s1. The molecule has 1 fully saturated rings. The lowest BCUT2D eigenvalue weighted by Crippen LogP contribution is -2.07. The van der Waals surface area contributed by atoms with Crippen LogP contribution in [-0.4, -0.2) is 19.0 Å². The average Bonchev–Trinajstić information content (AvgIpc) is 3.28. The summed E-state index contributed by atoms with van der Waals surface area (Å²) in [6.45, 7) is 0. The fourth-order valence-corrected chi connectivity index (χ4v) is 2.26. The van der Waals surface area contributed by atoms with E-state index in [1.54, 1.807) is 31.4 Å². The van der Waals surface area contributed by atoms with E-state index in [0.29, 0.717) is 10.6 Å². The molecule has 0 aliphatic carbocycles. The van der Waals surface area contributed by atoms with E-state index in [1.807, 2.05) is 24.3 Å². The van der Waals surface area contributed by atoms with Crippen molar-refractivity contribution < 1.29 is 14.3 Å².